The molecule has 0 saturated carbocycles. The van der Waals surface area contributed by atoms with Gasteiger partial charge in [-0.05, 0) is 57.9 Å². The maximum Gasteiger partial charge on any atom is 0.0548 e. The van der Waals surface area contributed by atoms with Crippen LogP contribution in [-0.4, -0.2) is 23.0 Å². The van der Waals surface area contributed by atoms with Crippen LogP contribution < -0.4 is 5.73 Å². The molecule has 2 rings (SSSR count). The molecule has 1 unspecified atom stereocenters. The Bertz CT molecular complexity index is 577. The van der Waals surface area contributed by atoms with Crippen LogP contribution >= 0.6 is 27.5 Å². The van der Waals surface area contributed by atoms with Gasteiger partial charge < -0.3 is 5.73 Å². The molecule has 2 N–H and O–H groups in total. The largest absolute Gasteiger partial charge is 0.329 e. The molecule has 0 saturated heterocycles. The Morgan fingerprint density at radius 1 is 1.29 bits per heavy atom. The molecule has 21 heavy (non-hydrogen) atoms. The number of hydrogen-bond acceptors (Lipinski definition) is 3. The van der Waals surface area contributed by atoms with Gasteiger partial charge in [0, 0.05) is 36.0 Å². The Kier molecular flexibility index (Phi) is 6.18. The first-order valence-electron chi connectivity index (χ1n) is 6.93. The Morgan fingerprint density at radius 3 is 2.57 bits per heavy atom. The fourth-order valence-corrected chi connectivity index (χ4v) is 2.89. The highest BCUT2D eigenvalue weighted by molar-refractivity contribution is 9.10. The minimum Gasteiger partial charge on any atom is -0.329 e. The first-order chi connectivity index (χ1) is 10.2. The summed E-state index contributed by atoms with van der Waals surface area (Å²) in [4.78, 5) is 6.41. The van der Waals surface area contributed by atoms with Crippen LogP contribution in [0.25, 0.3) is 0 Å². The van der Waals surface area contributed by atoms with E-state index in [-0.39, 0.29) is 6.04 Å². The molecule has 0 radical (unpaired) electrons. The standard InChI is InChI=1S/C16H19BrClN3/c1-2-21(11-12-5-7-20-8-6-12)16(10-19)13-3-4-15(18)14(17)9-13/h3-9,16H,2,10-11,19H2,1H3. The van der Waals surface area contributed by atoms with Crippen LogP contribution in [0.4, 0.5) is 0 Å². The van der Waals surface area contributed by atoms with Gasteiger partial charge in [-0.25, -0.2) is 0 Å². The third-order valence-corrected chi connectivity index (χ3v) is 4.75. The Labute approximate surface area is 139 Å². The van der Waals surface area contributed by atoms with E-state index in [1.54, 1.807) is 0 Å². The van der Waals surface area contributed by atoms with Crippen LogP contribution in [-0.2, 0) is 6.54 Å². The molecule has 2 aromatic rings. The molecule has 3 nitrogen and oxygen atoms in total. The zero-order chi connectivity index (χ0) is 15.2. The lowest BCUT2D eigenvalue weighted by Crippen LogP contribution is -2.33. The molecular weight excluding hydrogens is 350 g/mol. The minimum absolute atomic E-state index is 0.164. The monoisotopic (exact) mass is 367 g/mol. The van der Waals surface area contributed by atoms with Gasteiger partial charge in [0.25, 0.3) is 0 Å². The lowest BCUT2D eigenvalue weighted by molar-refractivity contribution is 0.203. The van der Waals surface area contributed by atoms with Crippen molar-refractivity contribution in [1.29, 1.82) is 0 Å². The van der Waals surface area contributed by atoms with Crippen molar-refractivity contribution in [3.8, 4) is 0 Å². The summed E-state index contributed by atoms with van der Waals surface area (Å²) in [6.07, 6.45) is 3.64. The summed E-state index contributed by atoms with van der Waals surface area (Å²) in [6.45, 7) is 4.48. The van der Waals surface area contributed by atoms with Gasteiger partial charge in [0.2, 0.25) is 0 Å². The first kappa shape index (κ1) is 16.4. The van der Waals surface area contributed by atoms with Crippen molar-refractivity contribution in [2.24, 2.45) is 5.73 Å². The smallest absolute Gasteiger partial charge is 0.0548 e. The van der Waals surface area contributed by atoms with Crippen molar-refractivity contribution in [3.05, 3.63) is 63.3 Å². The average Bonchev–Trinajstić information content (AvgIpc) is 2.51. The molecule has 1 aromatic carbocycles. The maximum absolute atomic E-state index is 6.07. The van der Waals surface area contributed by atoms with E-state index in [1.165, 1.54) is 11.1 Å². The number of nitrogens with two attached hydrogens (primary N) is 1. The van der Waals surface area contributed by atoms with Crippen LogP contribution in [0.3, 0.4) is 0 Å². The highest BCUT2D eigenvalue weighted by Crippen LogP contribution is 2.29. The van der Waals surface area contributed by atoms with E-state index in [0.717, 1.165) is 17.6 Å². The van der Waals surface area contributed by atoms with Gasteiger partial charge in [-0.1, -0.05) is 24.6 Å². The molecular formula is C16H19BrClN3. The number of pyridine rings is 1. The summed E-state index contributed by atoms with van der Waals surface area (Å²) in [6, 6.07) is 10.2. The number of likely N-dealkylation sites (N-methyl/N-ethyl adjacent to an activating group) is 1. The summed E-state index contributed by atoms with van der Waals surface area (Å²) in [7, 11) is 0. The number of rotatable bonds is 6. The zero-order valence-corrected chi connectivity index (χ0v) is 14.3. The Balaban J connectivity index is 2.22. The molecule has 1 aromatic heterocycles. The van der Waals surface area contributed by atoms with Crippen molar-refractivity contribution in [3.63, 3.8) is 0 Å². The zero-order valence-electron chi connectivity index (χ0n) is 12.0. The van der Waals surface area contributed by atoms with E-state index >= 15 is 0 Å². The van der Waals surface area contributed by atoms with Gasteiger partial charge in [-0.3, -0.25) is 9.88 Å². The highest BCUT2D eigenvalue weighted by atomic mass is 79.9. The summed E-state index contributed by atoms with van der Waals surface area (Å²) in [5.74, 6) is 0. The number of hydrogen-bond donors (Lipinski definition) is 1. The van der Waals surface area contributed by atoms with Gasteiger partial charge in [0.05, 0.1) is 5.02 Å². The van der Waals surface area contributed by atoms with Crippen LogP contribution in [0.2, 0.25) is 5.02 Å². The van der Waals surface area contributed by atoms with Crippen molar-refractivity contribution in [2.75, 3.05) is 13.1 Å². The van der Waals surface area contributed by atoms with Crippen molar-refractivity contribution in [2.45, 2.75) is 19.5 Å². The molecule has 1 heterocycles. The van der Waals surface area contributed by atoms with E-state index in [9.17, 15) is 0 Å². The summed E-state index contributed by atoms with van der Waals surface area (Å²) >= 11 is 9.55. The second kappa shape index (κ2) is 7.90. The normalized spacial score (nSPS) is 12.6. The molecule has 5 heteroatoms. The lowest BCUT2D eigenvalue weighted by atomic mass is 10.0. The maximum atomic E-state index is 6.07. The van der Waals surface area contributed by atoms with Crippen LogP contribution in [0.15, 0.2) is 47.2 Å². The van der Waals surface area contributed by atoms with Gasteiger partial charge in [0.1, 0.15) is 0 Å². The number of halogens is 2. The predicted molar refractivity (Wildman–Crippen MR) is 91.3 cm³/mol. The molecule has 1 atom stereocenters. The van der Waals surface area contributed by atoms with Gasteiger partial charge >= 0.3 is 0 Å². The molecule has 0 spiro atoms. The van der Waals surface area contributed by atoms with Crippen LogP contribution in [0.5, 0.6) is 0 Å². The lowest BCUT2D eigenvalue weighted by Gasteiger charge is -2.30. The highest BCUT2D eigenvalue weighted by Gasteiger charge is 2.18. The third-order valence-electron chi connectivity index (χ3n) is 3.53. The SMILES string of the molecule is CCN(Cc1ccncc1)C(CN)c1ccc(Cl)c(Br)c1. The van der Waals surface area contributed by atoms with Crippen molar-refractivity contribution >= 4 is 27.5 Å². The second-order valence-electron chi connectivity index (χ2n) is 4.84. The topological polar surface area (TPSA) is 42.2 Å². The van der Waals surface area contributed by atoms with Gasteiger partial charge in [-0.15, -0.1) is 0 Å². The van der Waals surface area contributed by atoms with E-state index in [2.05, 4.69) is 38.8 Å². The Morgan fingerprint density at radius 2 is 2.00 bits per heavy atom. The summed E-state index contributed by atoms with van der Waals surface area (Å²) in [5, 5.41) is 0.715. The third kappa shape index (κ3) is 4.27. The van der Waals surface area contributed by atoms with E-state index in [1.807, 2.05) is 36.7 Å². The molecule has 0 aliphatic carbocycles. The van der Waals surface area contributed by atoms with E-state index in [4.69, 9.17) is 17.3 Å². The Hall–Kier alpha value is -0.940. The van der Waals surface area contributed by atoms with Crippen molar-refractivity contribution in [1.82, 2.24) is 9.88 Å². The number of nitrogens with zero attached hydrogens (tertiary/aromatic N) is 2. The fraction of sp³-hybridized carbons (Fsp3) is 0.312. The number of benzene rings is 1. The molecule has 0 bridgehead atoms. The average molecular weight is 369 g/mol. The minimum atomic E-state index is 0.164. The molecule has 112 valence electrons. The first-order valence-corrected chi connectivity index (χ1v) is 8.10. The van der Waals surface area contributed by atoms with E-state index < -0.39 is 0 Å². The molecule has 0 aliphatic rings. The van der Waals surface area contributed by atoms with E-state index in [0.29, 0.717) is 11.6 Å². The molecule has 0 fully saturated rings. The summed E-state index contributed by atoms with van der Waals surface area (Å²) in [5.41, 5.74) is 8.43. The second-order valence-corrected chi connectivity index (χ2v) is 6.11. The van der Waals surface area contributed by atoms with Crippen LogP contribution in [0, 0.1) is 0 Å². The predicted octanol–water partition coefficient (Wildman–Crippen LogP) is 4.02. The fourth-order valence-electron chi connectivity index (χ4n) is 2.38. The summed E-state index contributed by atoms with van der Waals surface area (Å²) < 4.78 is 0.903. The number of aromatic nitrogens is 1. The molecule has 0 aliphatic heterocycles. The van der Waals surface area contributed by atoms with Crippen molar-refractivity contribution < 1.29 is 0 Å². The quantitative estimate of drug-likeness (QED) is 0.837. The van der Waals surface area contributed by atoms with Gasteiger partial charge in [0.15, 0.2) is 0 Å². The van der Waals surface area contributed by atoms with Gasteiger partial charge in [-0.2, -0.15) is 0 Å². The molecule has 0 amide bonds. The van der Waals surface area contributed by atoms with Crippen LogP contribution in [0.1, 0.15) is 24.1 Å².